The highest BCUT2D eigenvalue weighted by molar-refractivity contribution is 8.04. The van der Waals surface area contributed by atoms with Gasteiger partial charge in [0.15, 0.2) is 6.61 Å². The fourth-order valence-corrected chi connectivity index (χ4v) is 4.21. The largest absolute Gasteiger partial charge is 0.484 e. The number of aliphatic carboxylic acids is 1. The SMILES string of the molecule is CCC(=O)OC=C1S[C@@H]2C(NC(=O)COc3ccccc3)C(=O)N2C(C(=O)O)=C1C. The van der Waals surface area contributed by atoms with Gasteiger partial charge in [0.05, 0.1) is 0 Å². The number of fused-ring (bicyclic) bond motifs is 1. The fourth-order valence-electron chi connectivity index (χ4n) is 2.93. The Bertz CT molecular complexity index is 942. The van der Waals surface area contributed by atoms with Crippen molar-refractivity contribution in [2.24, 2.45) is 0 Å². The number of nitrogens with zero attached hydrogens (tertiary/aromatic N) is 1. The number of hydrogen-bond acceptors (Lipinski definition) is 7. The molecule has 2 aliphatic rings. The van der Waals surface area contributed by atoms with E-state index in [0.29, 0.717) is 16.2 Å². The van der Waals surface area contributed by atoms with Crippen LogP contribution >= 0.6 is 11.8 Å². The van der Waals surface area contributed by atoms with Gasteiger partial charge in [0, 0.05) is 11.3 Å². The van der Waals surface area contributed by atoms with Crippen LogP contribution in [0.1, 0.15) is 20.3 Å². The number of carbonyl (C=O) groups excluding carboxylic acids is 3. The molecule has 1 aromatic rings. The molecule has 2 amide bonds. The van der Waals surface area contributed by atoms with E-state index in [9.17, 15) is 24.3 Å². The van der Waals surface area contributed by atoms with Crippen LogP contribution in [0.3, 0.4) is 0 Å². The van der Waals surface area contributed by atoms with Crippen molar-refractivity contribution in [1.82, 2.24) is 10.2 Å². The summed E-state index contributed by atoms with van der Waals surface area (Å²) in [5.74, 6) is -2.28. The van der Waals surface area contributed by atoms with Crippen molar-refractivity contribution in [2.45, 2.75) is 31.7 Å². The first kappa shape index (κ1) is 21.4. The van der Waals surface area contributed by atoms with E-state index in [2.05, 4.69) is 5.32 Å². The summed E-state index contributed by atoms with van der Waals surface area (Å²) in [5.41, 5.74) is 0.103. The number of rotatable bonds is 7. The Balaban J connectivity index is 1.71. The lowest BCUT2D eigenvalue weighted by Gasteiger charge is -2.49. The van der Waals surface area contributed by atoms with E-state index in [1.54, 1.807) is 31.2 Å². The second-order valence-corrected chi connectivity index (χ2v) is 7.63. The molecule has 1 fully saturated rings. The van der Waals surface area contributed by atoms with E-state index >= 15 is 0 Å². The molecule has 30 heavy (non-hydrogen) atoms. The first-order valence-electron chi connectivity index (χ1n) is 9.14. The van der Waals surface area contributed by atoms with Gasteiger partial charge in [-0.05, 0) is 24.6 Å². The van der Waals surface area contributed by atoms with Crippen LogP contribution in [0.2, 0.25) is 0 Å². The summed E-state index contributed by atoms with van der Waals surface area (Å²) in [7, 11) is 0. The molecule has 0 saturated carbocycles. The average Bonchev–Trinajstić information content (AvgIpc) is 2.75. The summed E-state index contributed by atoms with van der Waals surface area (Å²) in [6.07, 6.45) is 1.35. The van der Waals surface area contributed by atoms with E-state index in [-0.39, 0.29) is 18.7 Å². The molecule has 3 rings (SSSR count). The molecule has 2 heterocycles. The summed E-state index contributed by atoms with van der Waals surface area (Å²) in [6.45, 7) is 2.88. The number of allylic oxidation sites excluding steroid dienone is 1. The summed E-state index contributed by atoms with van der Waals surface area (Å²) < 4.78 is 10.4. The van der Waals surface area contributed by atoms with Crippen LogP contribution in [0.5, 0.6) is 5.75 Å². The Morgan fingerprint density at radius 3 is 2.60 bits per heavy atom. The van der Waals surface area contributed by atoms with Gasteiger partial charge in [-0.15, -0.1) is 0 Å². The number of hydrogen-bond donors (Lipinski definition) is 2. The van der Waals surface area contributed by atoms with E-state index in [1.165, 1.54) is 13.2 Å². The number of esters is 1. The maximum absolute atomic E-state index is 12.5. The molecule has 0 bridgehead atoms. The maximum atomic E-state index is 12.5. The summed E-state index contributed by atoms with van der Waals surface area (Å²) in [6, 6.07) is 7.81. The normalized spacial score (nSPS) is 21.6. The van der Waals surface area contributed by atoms with Gasteiger partial charge in [0.1, 0.15) is 29.1 Å². The minimum absolute atomic E-state index is 0.164. The number of para-hydroxylation sites is 1. The third kappa shape index (κ3) is 4.33. The lowest BCUT2D eigenvalue weighted by Crippen LogP contribution is -2.70. The predicted molar refractivity (Wildman–Crippen MR) is 107 cm³/mol. The number of nitrogens with one attached hydrogen (secondary N) is 1. The lowest BCUT2D eigenvalue weighted by atomic mass is 10.0. The highest BCUT2D eigenvalue weighted by atomic mass is 32.2. The van der Waals surface area contributed by atoms with Gasteiger partial charge >= 0.3 is 11.9 Å². The third-order valence-electron chi connectivity index (χ3n) is 4.47. The van der Waals surface area contributed by atoms with Gasteiger partial charge < -0.3 is 19.9 Å². The number of amides is 2. The molecule has 10 heteroatoms. The molecule has 2 atom stereocenters. The fraction of sp³-hybridized carbons (Fsp3) is 0.300. The number of carbonyl (C=O) groups is 4. The van der Waals surface area contributed by atoms with Crippen molar-refractivity contribution in [3.63, 3.8) is 0 Å². The second kappa shape index (κ2) is 9.04. The summed E-state index contributed by atoms with van der Waals surface area (Å²) >= 11 is 1.14. The molecular formula is C20H20N2O7S. The van der Waals surface area contributed by atoms with Crippen LogP contribution in [0.15, 0.2) is 52.8 Å². The topological polar surface area (TPSA) is 122 Å². The van der Waals surface area contributed by atoms with Gasteiger partial charge in [0.2, 0.25) is 0 Å². The third-order valence-corrected chi connectivity index (χ3v) is 5.86. The highest BCUT2D eigenvalue weighted by Crippen LogP contribution is 2.46. The van der Waals surface area contributed by atoms with Crippen LogP contribution in [0.4, 0.5) is 0 Å². The van der Waals surface area contributed by atoms with Crippen LogP contribution in [0, 0.1) is 0 Å². The standard InChI is InChI=1S/C20H20N2O7S/c1-3-15(24)29-9-13-11(2)17(20(26)27)22-18(25)16(19(22)30-13)21-14(23)10-28-12-7-5-4-6-8-12/h4-9,16,19H,3,10H2,1-2H3,(H,21,23)(H,26,27)/t16?,19-/m1/s1. The van der Waals surface area contributed by atoms with E-state index in [1.807, 2.05) is 6.07 Å². The van der Waals surface area contributed by atoms with Crippen molar-refractivity contribution >= 4 is 35.5 Å². The Hall–Kier alpha value is -3.27. The zero-order chi connectivity index (χ0) is 21.8. The number of carboxylic acid groups (broad SMARTS) is 1. The summed E-state index contributed by atoms with van der Waals surface area (Å²) in [4.78, 5) is 49.5. The number of carboxylic acids is 1. The number of thioether (sulfide) groups is 1. The zero-order valence-corrected chi connectivity index (χ0v) is 17.1. The number of β-lactam (4-membered cyclic amide) rings is 1. The first-order chi connectivity index (χ1) is 14.3. The molecule has 2 aliphatic heterocycles. The van der Waals surface area contributed by atoms with Gasteiger partial charge in [0.25, 0.3) is 11.8 Å². The number of ether oxygens (including phenoxy) is 2. The molecule has 1 saturated heterocycles. The van der Waals surface area contributed by atoms with Crippen LogP contribution in [-0.2, 0) is 23.9 Å². The quantitative estimate of drug-likeness (QED) is 0.379. The van der Waals surface area contributed by atoms with Crippen molar-refractivity contribution in [1.29, 1.82) is 0 Å². The molecule has 0 spiro atoms. The van der Waals surface area contributed by atoms with E-state index in [0.717, 1.165) is 16.7 Å². The first-order valence-corrected chi connectivity index (χ1v) is 10.0. The molecule has 1 aromatic carbocycles. The molecule has 0 radical (unpaired) electrons. The minimum Gasteiger partial charge on any atom is -0.484 e. The Labute approximate surface area is 176 Å². The molecular weight excluding hydrogens is 412 g/mol. The van der Waals surface area contributed by atoms with Crippen molar-refractivity contribution < 1.29 is 33.8 Å². The average molecular weight is 432 g/mol. The molecule has 1 unspecified atom stereocenters. The Kier molecular flexibility index (Phi) is 6.46. The predicted octanol–water partition coefficient (Wildman–Crippen LogP) is 1.62. The van der Waals surface area contributed by atoms with Gasteiger partial charge in [-0.25, -0.2) is 4.79 Å². The zero-order valence-electron chi connectivity index (χ0n) is 16.3. The second-order valence-electron chi connectivity index (χ2n) is 6.47. The van der Waals surface area contributed by atoms with Gasteiger partial charge in [-0.1, -0.05) is 36.9 Å². The van der Waals surface area contributed by atoms with Crippen LogP contribution in [0.25, 0.3) is 0 Å². The highest BCUT2D eigenvalue weighted by Gasteiger charge is 2.55. The maximum Gasteiger partial charge on any atom is 0.352 e. The van der Waals surface area contributed by atoms with Gasteiger partial charge in [-0.2, -0.15) is 0 Å². The minimum atomic E-state index is -1.28. The van der Waals surface area contributed by atoms with Crippen molar-refractivity contribution in [2.75, 3.05) is 6.61 Å². The smallest absolute Gasteiger partial charge is 0.352 e. The van der Waals surface area contributed by atoms with Crippen LogP contribution in [-0.4, -0.2) is 51.8 Å². The number of benzene rings is 1. The molecule has 0 aliphatic carbocycles. The van der Waals surface area contributed by atoms with Crippen LogP contribution < -0.4 is 10.1 Å². The van der Waals surface area contributed by atoms with E-state index in [4.69, 9.17) is 9.47 Å². The summed E-state index contributed by atoms with van der Waals surface area (Å²) in [5, 5.41) is 11.5. The molecule has 158 valence electrons. The van der Waals surface area contributed by atoms with E-state index < -0.39 is 35.2 Å². The molecule has 0 aromatic heterocycles. The van der Waals surface area contributed by atoms with Crippen molar-refractivity contribution in [3.05, 3.63) is 52.8 Å². The molecule has 2 N–H and O–H groups in total. The lowest BCUT2D eigenvalue weighted by molar-refractivity contribution is -0.150. The Morgan fingerprint density at radius 2 is 1.97 bits per heavy atom. The van der Waals surface area contributed by atoms with Crippen molar-refractivity contribution in [3.8, 4) is 5.75 Å². The molecule has 9 nitrogen and oxygen atoms in total. The van der Waals surface area contributed by atoms with Gasteiger partial charge in [-0.3, -0.25) is 19.3 Å². The monoisotopic (exact) mass is 432 g/mol. The Morgan fingerprint density at radius 1 is 1.27 bits per heavy atom.